The monoisotopic (exact) mass is 327 g/mol. The summed E-state index contributed by atoms with van der Waals surface area (Å²) in [6.45, 7) is 0. The van der Waals surface area contributed by atoms with Gasteiger partial charge in [-0.15, -0.1) is 11.3 Å². The summed E-state index contributed by atoms with van der Waals surface area (Å²) in [6.07, 6.45) is 0. The van der Waals surface area contributed by atoms with E-state index in [0.29, 0.717) is 5.82 Å². The van der Waals surface area contributed by atoms with Crippen molar-refractivity contribution in [2.24, 2.45) is 0 Å². The smallest absolute Gasteiger partial charge is 0.156 e. The van der Waals surface area contributed by atoms with Crippen molar-refractivity contribution in [1.82, 2.24) is 9.97 Å². The number of nitrogen functional groups attached to an aromatic ring is 1. The van der Waals surface area contributed by atoms with Crippen LogP contribution in [-0.4, -0.2) is 9.97 Å². The number of rotatable bonds is 0. The largest absolute Gasteiger partial charge is 0.381 e. The molecule has 15 heavy (non-hydrogen) atoms. The average Bonchev–Trinajstić information content (AvgIpc) is 2.57. The summed E-state index contributed by atoms with van der Waals surface area (Å²) in [7, 11) is 0. The zero-order valence-electron chi connectivity index (χ0n) is 7.57. The molecule has 2 heterocycles. The third-order valence-electron chi connectivity index (χ3n) is 2.19. The standard InChI is InChI=1S/C10H6IN3S/c11-8-9(12)13-7-5-3-1-2-4-6(5)15-10(7)14-8/h1-4H,(H2,12,13). The van der Waals surface area contributed by atoms with Crippen LogP contribution in [0.4, 0.5) is 5.82 Å². The number of hydrogen-bond acceptors (Lipinski definition) is 4. The van der Waals surface area contributed by atoms with Gasteiger partial charge in [-0.05, 0) is 28.7 Å². The molecule has 74 valence electrons. The average molecular weight is 327 g/mol. The first-order valence-corrected chi connectivity index (χ1v) is 6.25. The van der Waals surface area contributed by atoms with Crippen LogP contribution in [-0.2, 0) is 0 Å². The minimum Gasteiger partial charge on any atom is -0.381 e. The lowest BCUT2D eigenvalue weighted by atomic mass is 10.2. The molecule has 1 aromatic carbocycles. The quantitative estimate of drug-likeness (QED) is 0.646. The molecule has 0 atom stereocenters. The Bertz CT molecular complexity index is 662. The number of nitrogens with two attached hydrogens (primary N) is 1. The second kappa shape index (κ2) is 3.28. The first-order chi connectivity index (χ1) is 7.25. The Hall–Kier alpha value is -0.950. The molecule has 0 aliphatic carbocycles. The predicted octanol–water partition coefficient (Wildman–Crippen LogP) is 3.03. The van der Waals surface area contributed by atoms with Crippen LogP contribution in [0.3, 0.4) is 0 Å². The molecule has 0 aliphatic rings. The minimum atomic E-state index is 0.506. The fourth-order valence-corrected chi connectivity index (χ4v) is 3.06. The fraction of sp³-hybridized carbons (Fsp3) is 0. The first-order valence-electron chi connectivity index (χ1n) is 4.36. The van der Waals surface area contributed by atoms with Gasteiger partial charge in [-0.2, -0.15) is 0 Å². The van der Waals surface area contributed by atoms with E-state index in [4.69, 9.17) is 5.73 Å². The van der Waals surface area contributed by atoms with Gasteiger partial charge >= 0.3 is 0 Å². The number of halogens is 1. The fourth-order valence-electron chi connectivity index (χ4n) is 1.52. The molecule has 5 heteroatoms. The van der Waals surface area contributed by atoms with Crippen LogP contribution < -0.4 is 5.73 Å². The van der Waals surface area contributed by atoms with Gasteiger partial charge in [-0.3, -0.25) is 0 Å². The third kappa shape index (κ3) is 1.37. The number of hydrogen-bond donors (Lipinski definition) is 1. The molecule has 3 rings (SSSR count). The lowest BCUT2D eigenvalue weighted by molar-refractivity contribution is 1.28. The third-order valence-corrected chi connectivity index (χ3v) is 4.04. The minimum absolute atomic E-state index is 0.506. The van der Waals surface area contributed by atoms with E-state index in [9.17, 15) is 0 Å². The Labute approximate surface area is 103 Å². The van der Waals surface area contributed by atoms with Crippen LogP contribution in [0.15, 0.2) is 24.3 Å². The lowest BCUT2D eigenvalue weighted by Crippen LogP contribution is -1.95. The molecule has 0 aliphatic heterocycles. The Kier molecular flexibility index (Phi) is 2.03. The van der Waals surface area contributed by atoms with Crippen molar-refractivity contribution >= 4 is 60.2 Å². The molecular formula is C10H6IN3S. The lowest BCUT2D eigenvalue weighted by Gasteiger charge is -1.95. The van der Waals surface area contributed by atoms with Gasteiger partial charge in [-0.25, -0.2) is 9.97 Å². The SMILES string of the molecule is Nc1nc2c(nc1I)sc1ccccc12. The maximum atomic E-state index is 5.76. The molecule has 0 saturated carbocycles. The van der Waals surface area contributed by atoms with E-state index in [1.165, 1.54) is 4.70 Å². The second-order valence-corrected chi connectivity index (χ2v) is 5.20. The van der Waals surface area contributed by atoms with Crippen LogP contribution in [0.25, 0.3) is 20.4 Å². The normalized spacial score (nSPS) is 11.3. The van der Waals surface area contributed by atoms with Crippen molar-refractivity contribution in [2.45, 2.75) is 0 Å². The number of thiophene rings is 1. The molecule has 0 spiro atoms. The summed E-state index contributed by atoms with van der Waals surface area (Å²) in [6, 6.07) is 8.15. The molecule has 2 aromatic heterocycles. The van der Waals surface area contributed by atoms with E-state index < -0.39 is 0 Å². The molecule has 2 N–H and O–H groups in total. The van der Waals surface area contributed by atoms with Crippen molar-refractivity contribution in [1.29, 1.82) is 0 Å². The van der Waals surface area contributed by atoms with Crippen LogP contribution >= 0.6 is 33.9 Å². The van der Waals surface area contributed by atoms with Gasteiger partial charge < -0.3 is 5.73 Å². The van der Waals surface area contributed by atoms with E-state index in [2.05, 4.69) is 44.7 Å². The summed E-state index contributed by atoms with van der Waals surface area (Å²) in [4.78, 5) is 9.77. The number of benzene rings is 1. The van der Waals surface area contributed by atoms with Crippen molar-refractivity contribution in [3.8, 4) is 0 Å². The molecule has 0 unspecified atom stereocenters. The molecule has 0 saturated heterocycles. The van der Waals surface area contributed by atoms with Gasteiger partial charge in [0.15, 0.2) is 5.82 Å². The summed E-state index contributed by atoms with van der Waals surface area (Å²) in [5.41, 5.74) is 6.67. The summed E-state index contributed by atoms with van der Waals surface area (Å²) < 4.78 is 1.97. The summed E-state index contributed by atoms with van der Waals surface area (Å²) >= 11 is 3.76. The molecule has 3 aromatic rings. The van der Waals surface area contributed by atoms with Gasteiger partial charge in [0, 0.05) is 10.1 Å². The van der Waals surface area contributed by atoms with Gasteiger partial charge in [0.05, 0.1) is 0 Å². The summed E-state index contributed by atoms with van der Waals surface area (Å²) in [5, 5.41) is 1.13. The van der Waals surface area contributed by atoms with E-state index in [0.717, 1.165) is 19.4 Å². The zero-order valence-corrected chi connectivity index (χ0v) is 10.5. The van der Waals surface area contributed by atoms with Crippen LogP contribution in [0.1, 0.15) is 0 Å². The maximum Gasteiger partial charge on any atom is 0.156 e. The van der Waals surface area contributed by atoms with Gasteiger partial charge in [-0.1, -0.05) is 18.2 Å². The zero-order chi connectivity index (χ0) is 10.4. The van der Waals surface area contributed by atoms with Crippen LogP contribution in [0, 0.1) is 3.70 Å². The molecule has 0 amide bonds. The molecule has 3 nitrogen and oxygen atoms in total. The Morgan fingerprint density at radius 2 is 2.00 bits per heavy atom. The number of aromatic nitrogens is 2. The molecular weight excluding hydrogens is 321 g/mol. The number of nitrogens with zero attached hydrogens (tertiary/aromatic N) is 2. The Balaban J connectivity index is 2.56. The first kappa shape index (κ1) is 9.29. The van der Waals surface area contributed by atoms with Crippen LogP contribution in [0.2, 0.25) is 0 Å². The van der Waals surface area contributed by atoms with E-state index in [1.54, 1.807) is 11.3 Å². The van der Waals surface area contributed by atoms with Crippen molar-refractivity contribution in [2.75, 3.05) is 5.73 Å². The Morgan fingerprint density at radius 3 is 2.87 bits per heavy atom. The highest BCUT2D eigenvalue weighted by Crippen LogP contribution is 2.32. The maximum absolute atomic E-state index is 5.76. The summed E-state index contributed by atoms with van der Waals surface area (Å²) in [5.74, 6) is 0.506. The van der Waals surface area contributed by atoms with Gasteiger partial charge in [0.2, 0.25) is 0 Å². The number of fused-ring (bicyclic) bond motifs is 3. The highest BCUT2D eigenvalue weighted by atomic mass is 127. The van der Waals surface area contributed by atoms with Crippen molar-refractivity contribution in [3.05, 3.63) is 28.0 Å². The number of anilines is 1. The highest BCUT2D eigenvalue weighted by Gasteiger charge is 2.09. The van der Waals surface area contributed by atoms with Crippen LogP contribution in [0.5, 0.6) is 0 Å². The van der Waals surface area contributed by atoms with E-state index in [-0.39, 0.29) is 0 Å². The van der Waals surface area contributed by atoms with Crippen molar-refractivity contribution in [3.63, 3.8) is 0 Å². The van der Waals surface area contributed by atoms with Gasteiger partial charge in [0.25, 0.3) is 0 Å². The molecule has 0 radical (unpaired) electrons. The second-order valence-electron chi connectivity index (χ2n) is 3.15. The van der Waals surface area contributed by atoms with Crippen molar-refractivity contribution < 1.29 is 0 Å². The van der Waals surface area contributed by atoms with Gasteiger partial charge in [0.1, 0.15) is 14.0 Å². The van der Waals surface area contributed by atoms with E-state index >= 15 is 0 Å². The molecule has 0 bridgehead atoms. The highest BCUT2D eigenvalue weighted by molar-refractivity contribution is 14.1. The predicted molar refractivity (Wildman–Crippen MR) is 72.1 cm³/mol. The molecule has 0 fully saturated rings. The topological polar surface area (TPSA) is 51.8 Å². The van der Waals surface area contributed by atoms with E-state index in [1.807, 2.05) is 12.1 Å². The Morgan fingerprint density at radius 1 is 1.20 bits per heavy atom.